The second-order valence-electron chi connectivity index (χ2n) is 6.20. The number of rotatable bonds is 8. The van der Waals surface area contributed by atoms with Crippen LogP contribution in [0.15, 0.2) is 48.8 Å². The molecule has 2 heterocycles. The van der Waals surface area contributed by atoms with E-state index in [0.29, 0.717) is 18.0 Å². The first kappa shape index (κ1) is 27.9. The maximum atomic E-state index is 11.4. The van der Waals surface area contributed by atoms with E-state index in [-0.39, 0.29) is 37.2 Å². The molecule has 2 aromatic heterocycles. The third kappa shape index (κ3) is 13.7. The molecule has 0 saturated carbocycles. The number of hydrogen-bond acceptors (Lipinski definition) is 8. The Balaban J connectivity index is 0.000000516. The summed E-state index contributed by atoms with van der Waals surface area (Å²) in [6, 6.07) is 10.0. The van der Waals surface area contributed by atoms with E-state index in [0.717, 1.165) is 0 Å². The smallest absolute Gasteiger partial charge is 0.313 e. The minimum Gasteiger partial charge on any atom is -0.466 e. The largest absolute Gasteiger partial charge is 0.466 e. The summed E-state index contributed by atoms with van der Waals surface area (Å²) in [6.45, 7) is 8.38. The zero-order valence-corrected chi connectivity index (χ0v) is 18.7. The zero-order valence-electron chi connectivity index (χ0n) is 18.7. The van der Waals surface area contributed by atoms with Crippen LogP contribution in [0.2, 0.25) is 0 Å². The van der Waals surface area contributed by atoms with Gasteiger partial charge in [0.2, 0.25) is 0 Å². The van der Waals surface area contributed by atoms with Crippen LogP contribution >= 0.6 is 0 Å². The summed E-state index contributed by atoms with van der Waals surface area (Å²) >= 11 is 0. The van der Waals surface area contributed by atoms with E-state index < -0.39 is 5.97 Å². The van der Waals surface area contributed by atoms with Gasteiger partial charge in [0, 0.05) is 12.4 Å². The van der Waals surface area contributed by atoms with Crippen LogP contribution in [0, 0.1) is 0 Å². The van der Waals surface area contributed by atoms with Crippen LogP contribution in [0.1, 0.15) is 69.2 Å². The van der Waals surface area contributed by atoms with E-state index in [4.69, 9.17) is 10.5 Å². The minimum absolute atomic E-state index is 0.171. The standard InChI is InChI=1S/C10H14N2O2.C10H11NO3.C3H8/c1-2-14-10(13)7-8(11)9-5-3-4-6-12-9;1-2-14-10(13)7-9(12)8-5-3-4-6-11-8;1-3-2/h3-6,8H,2,7,11H2,1H3;3-6H,2,7H2,1H3;3H2,1-2H3/t8-;;/m1../s1. The molecular formula is C23H33N3O5. The molecule has 0 radical (unpaired) electrons. The Morgan fingerprint density at radius 3 is 1.90 bits per heavy atom. The number of nitrogens with two attached hydrogens (primary N) is 1. The number of carbonyl (C=O) groups excluding carboxylic acids is 3. The van der Waals surface area contributed by atoms with Crippen molar-refractivity contribution in [1.29, 1.82) is 0 Å². The number of aromatic nitrogens is 2. The van der Waals surface area contributed by atoms with Gasteiger partial charge in [-0.3, -0.25) is 24.4 Å². The molecule has 2 aromatic rings. The number of pyridine rings is 2. The average Bonchev–Trinajstić information content (AvgIpc) is 2.76. The van der Waals surface area contributed by atoms with Gasteiger partial charge in [0.15, 0.2) is 5.78 Å². The maximum Gasteiger partial charge on any atom is 0.313 e. The predicted octanol–water partition coefficient (Wildman–Crippen LogP) is 3.67. The molecule has 0 bridgehead atoms. The Bertz CT molecular complexity index is 754. The molecule has 1 atom stereocenters. The molecule has 0 saturated heterocycles. The number of carbonyl (C=O) groups is 3. The van der Waals surface area contributed by atoms with E-state index in [9.17, 15) is 14.4 Å². The van der Waals surface area contributed by atoms with Crippen molar-refractivity contribution in [3.63, 3.8) is 0 Å². The van der Waals surface area contributed by atoms with Crippen molar-refractivity contribution in [2.45, 2.75) is 53.0 Å². The van der Waals surface area contributed by atoms with Gasteiger partial charge in [-0.15, -0.1) is 0 Å². The highest BCUT2D eigenvalue weighted by atomic mass is 16.5. The zero-order chi connectivity index (χ0) is 23.5. The maximum absolute atomic E-state index is 11.4. The fourth-order valence-corrected chi connectivity index (χ4v) is 2.06. The van der Waals surface area contributed by atoms with Gasteiger partial charge in [0.25, 0.3) is 0 Å². The van der Waals surface area contributed by atoms with E-state index in [1.807, 2.05) is 6.07 Å². The molecule has 0 aromatic carbocycles. The van der Waals surface area contributed by atoms with Gasteiger partial charge in [-0.25, -0.2) is 0 Å². The van der Waals surface area contributed by atoms with Crippen molar-refractivity contribution < 1.29 is 23.9 Å². The topological polar surface area (TPSA) is 121 Å². The highest BCUT2D eigenvalue weighted by Gasteiger charge is 2.13. The summed E-state index contributed by atoms with van der Waals surface area (Å²) < 4.78 is 9.43. The number of ketones is 1. The normalized spacial score (nSPS) is 10.4. The van der Waals surface area contributed by atoms with Crippen LogP contribution in [0.25, 0.3) is 0 Å². The first-order chi connectivity index (χ1) is 14.9. The second kappa shape index (κ2) is 17.7. The van der Waals surface area contributed by atoms with Crippen LogP contribution < -0.4 is 5.73 Å². The lowest BCUT2D eigenvalue weighted by molar-refractivity contribution is -0.144. The van der Waals surface area contributed by atoms with E-state index in [1.54, 1.807) is 50.4 Å². The third-order valence-corrected chi connectivity index (χ3v) is 3.32. The number of hydrogen-bond donors (Lipinski definition) is 1. The van der Waals surface area contributed by atoms with Crippen molar-refractivity contribution in [3.05, 3.63) is 60.2 Å². The Kier molecular flexibility index (Phi) is 15.9. The third-order valence-electron chi connectivity index (χ3n) is 3.32. The van der Waals surface area contributed by atoms with Gasteiger partial charge in [0.05, 0.1) is 31.4 Å². The molecule has 0 aliphatic carbocycles. The van der Waals surface area contributed by atoms with Crippen LogP contribution in [-0.4, -0.2) is 40.9 Å². The van der Waals surface area contributed by atoms with Gasteiger partial charge < -0.3 is 15.2 Å². The highest BCUT2D eigenvalue weighted by Crippen LogP contribution is 2.10. The summed E-state index contributed by atoms with van der Waals surface area (Å²) in [5.41, 5.74) is 6.76. The van der Waals surface area contributed by atoms with E-state index in [1.165, 1.54) is 12.6 Å². The molecule has 0 fully saturated rings. The molecule has 2 N–H and O–H groups in total. The summed E-state index contributed by atoms with van der Waals surface area (Å²) in [5, 5.41) is 0. The minimum atomic E-state index is -0.511. The van der Waals surface area contributed by atoms with E-state index >= 15 is 0 Å². The predicted molar refractivity (Wildman–Crippen MR) is 118 cm³/mol. The van der Waals surface area contributed by atoms with Gasteiger partial charge in [-0.1, -0.05) is 32.4 Å². The number of esters is 2. The second-order valence-corrected chi connectivity index (χ2v) is 6.20. The van der Waals surface area contributed by atoms with Crippen molar-refractivity contribution in [2.24, 2.45) is 5.73 Å². The lowest BCUT2D eigenvalue weighted by atomic mass is 10.1. The van der Waals surface area contributed by atoms with E-state index in [2.05, 4.69) is 28.6 Å². The van der Waals surface area contributed by atoms with Gasteiger partial charge in [0.1, 0.15) is 12.1 Å². The molecule has 31 heavy (non-hydrogen) atoms. The summed E-state index contributed by atoms with van der Waals surface area (Å²) in [4.78, 5) is 41.3. The van der Waals surface area contributed by atoms with Crippen molar-refractivity contribution >= 4 is 17.7 Å². The quantitative estimate of drug-likeness (QED) is 0.382. The number of ether oxygens (including phenoxy) is 2. The van der Waals surface area contributed by atoms with Crippen molar-refractivity contribution in [2.75, 3.05) is 13.2 Å². The number of nitrogens with zero attached hydrogens (tertiary/aromatic N) is 2. The van der Waals surface area contributed by atoms with Crippen LogP contribution in [0.3, 0.4) is 0 Å². The van der Waals surface area contributed by atoms with Gasteiger partial charge in [-0.05, 0) is 38.1 Å². The van der Waals surface area contributed by atoms with Crippen LogP contribution in [0.4, 0.5) is 0 Å². The lowest BCUT2D eigenvalue weighted by Gasteiger charge is -2.09. The Hall–Kier alpha value is -3.13. The molecule has 0 spiro atoms. The van der Waals surface area contributed by atoms with Crippen LogP contribution in [-0.2, 0) is 19.1 Å². The summed E-state index contributed by atoms with van der Waals surface area (Å²) in [5.74, 6) is -1.11. The first-order valence-electron chi connectivity index (χ1n) is 10.3. The Morgan fingerprint density at radius 1 is 0.871 bits per heavy atom. The summed E-state index contributed by atoms with van der Waals surface area (Å²) in [7, 11) is 0. The van der Waals surface area contributed by atoms with Crippen molar-refractivity contribution in [1.82, 2.24) is 9.97 Å². The molecule has 0 amide bonds. The molecule has 8 heteroatoms. The molecule has 170 valence electrons. The first-order valence-corrected chi connectivity index (χ1v) is 10.3. The molecule has 0 aliphatic heterocycles. The molecule has 2 rings (SSSR count). The fourth-order valence-electron chi connectivity index (χ4n) is 2.06. The number of Topliss-reactive ketones (excluding diaryl/α,β-unsaturated/α-hetero) is 1. The molecule has 0 aliphatic rings. The monoisotopic (exact) mass is 431 g/mol. The van der Waals surface area contributed by atoms with Gasteiger partial charge in [-0.2, -0.15) is 0 Å². The summed E-state index contributed by atoms with van der Waals surface area (Å²) in [6.07, 6.45) is 4.34. The Labute approximate surface area is 184 Å². The molecule has 8 nitrogen and oxygen atoms in total. The Morgan fingerprint density at radius 2 is 1.42 bits per heavy atom. The highest BCUT2D eigenvalue weighted by molar-refractivity contribution is 6.04. The average molecular weight is 432 g/mol. The SMILES string of the molecule is CCC.CCOC(=O)CC(=O)c1ccccn1.CCOC(=O)C[C@@H](N)c1ccccn1. The molecule has 0 unspecified atom stereocenters. The van der Waals surface area contributed by atoms with Crippen molar-refractivity contribution in [3.8, 4) is 0 Å². The fraction of sp³-hybridized carbons (Fsp3) is 0.435. The van der Waals surface area contributed by atoms with Crippen LogP contribution in [0.5, 0.6) is 0 Å². The lowest BCUT2D eigenvalue weighted by Crippen LogP contribution is -2.18. The van der Waals surface area contributed by atoms with Gasteiger partial charge >= 0.3 is 11.9 Å². The molecular weight excluding hydrogens is 398 g/mol.